The highest BCUT2D eigenvalue weighted by Crippen LogP contribution is 2.47. The molecule has 170 valence electrons. The number of anilines is 1. The van der Waals surface area contributed by atoms with E-state index in [0.29, 0.717) is 18.1 Å². The summed E-state index contributed by atoms with van der Waals surface area (Å²) in [5.74, 6) is 1.11. The molecule has 1 aromatic heterocycles. The van der Waals surface area contributed by atoms with E-state index in [1.54, 1.807) is 0 Å². The van der Waals surface area contributed by atoms with Gasteiger partial charge in [0, 0.05) is 62.5 Å². The van der Waals surface area contributed by atoms with Gasteiger partial charge in [0.2, 0.25) is 0 Å². The minimum Gasteiger partial charge on any atom is -0.450 e. The van der Waals surface area contributed by atoms with E-state index < -0.39 is 0 Å². The van der Waals surface area contributed by atoms with Crippen LogP contribution in [0.1, 0.15) is 31.7 Å². The van der Waals surface area contributed by atoms with Crippen molar-refractivity contribution in [1.82, 2.24) is 14.8 Å². The van der Waals surface area contributed by atoms with Gasteiger partial charge in [-0.1, -0.05) is 24.3 Å². The second-order valence-corrected chi connectivity index (χ2v) is 9.66. The summed E-state index contributed by atoms with van der Waals surface area (Å²) in [6.07, 6.45) is 5.45. The molecule has 1 atom stereocenters. The quantitative estimate of drug-likeness (QED) is 0.722. The number of ether oxygens (including phenoxy) is 1. The van der Waals surface area contributed by atoms with E-state index >= 15 is 0 Å². The number of carbonyl (C=O) groups excluding carboxylic acids is 1. The summed E-state index contributed by atoms with van der Waals surface area (Å²) < 4.78 is 5.16. The van der Waals surface area contributed by atoms with Crippen LogP contribution in [-0.2, 0) is 4.74 Å². The first kappa shape index (κ1) is 21.3. The highest BCUT2D eigenvalue weighted by atomic mass is 16.6. The highest BCUT2D eigenvalue weighted by Gasteiger charge is 2.51. The SMILES string of the molecule is CCOC(=O)N1CC2(CC[C@@H](N3CCN(c4ncccc4-c4ccccc4C)CC3)C2)C1. The molecular weight excluding hydrogens is 400 g/mol. The van der Waals surface area contributed by atoms with Gasteiger partial charge in [-0.3, -0.25) is 4.90 Å². The zero-order valence-electron chi connectivity index (χ0n) is 19.3. The molecule has 3 aliphatic rings. The van der Waals surface area contributed by atoms with Gasteiger partial charge in [0.25, 0.3) is 0 Å². The first-order valence-corrected chi connectivity index (χ1v) is 12.0. The van der Waals surface area contributed by atoms with Crippen molar-refractivity contribution in [3.8, 4) is 11.1 Å². The number of likely N-dealkylation sites (tertiary alicyclic amines) is 1. The lowest BCUT2D eigenvalue weighted by atomic mass is 9.78. The van der Waals surface area contributed by atoms with Crippen LogP contribution in [0.25, 0.3) is 11.1 Å². The third kappa shape index (κ3) is 3.96. The molecule has 1 amide bonds. The molecule has 2 saturated heterocycles. The maximum absolute atomic E-state index is 12.0. The summed E-state index contributed by atoms with van der Waals surface area (Å²) in [5.41, 5.74) is 4.11. The number of amides is 1. The number of hydrogen-bond acceptors (Lipinski definition) is 5. The topological polar surface area (TPSA) is 48.9 Å². The molecule has 0 N–H and O–H groups in total. The van der Waals surface area contributed by atoms with Gasteiger partial charge in [0.05, 0.1) is 6.61 Å². The molecular formula is C26H34N4O2. The number of rotatable bonds is 4. The van der Waals surface area contributed by atoms with Crippen LogP contribution >= 0.6 is 0 Å². The van der Waals surface area contributed by atoms with Gasteiger partial charge < -0.3 is 14.5 Å². The molecule has 5 rings (SSSR count). The zero-order chi connectivity index (χ0) is 22.1. The minimum atomic E-state index is -0.144. The third-order valence-electron chi connectivity index (χ3n) is 7.61. The van der Waals surface area contributed by atoms with Crippen LogP contribution in [0.5, 0.6) is 0 Å². The van der Waals surface area contributed by atoms with E-state index in [1.807, 2.05) is 24.1 Å². The molecule has 3 heterocycles. The molecule has 0 unspecified atom stereocenters. The van der Waals surface area contributed by atoms with E-state index in [4.69, 9.17) is 9.72 Å². The van der Waals surface area contributed by atoms with Crippen molar-refractivity contribution < 1.29 is 9.53 Å². The number of piperazine rings is 1. The second-order valence-electron chi connectivity index (χ2n) is 9.66. The van der Waals surface area contributed by atoms with Crippen molar-refractivity contribution in [3.05, 3.63) is 48.2 Å². The Balaban J connectivity index is 1.20. The maximum atomic E-state index is 12.0. The normalized spacial score (nSPS) is 22.8. The van der Waals surface area contributed by atoms with E-state index in [1.165, 1.54) is 36.0 Å². The van der Waals surface area contributed by atoms with Gasteiger partial charge in [0.1, 0.15) is 5.82 Å². The Morgan fingerprint density at radius 1 is 1.09 bits per heavy atom. The summed E-state index contributed by atoms with van der Waals surface area (Å²) in [6.45, 7) is 10.4. The van der Waals surface area contributed by atoms with Crippen LogP contribution in [0.4, 0.5) is 10.6 Å². The van der Waals surface area contributed by atoms with E-state index in [-0.39, 0.29) is 6.09 Å². The first-order valence-electron chi connectivity index (χ1n) is 12.0. The van der Waals surface area contributed by atoms with Gasteiger partial charge in [-0.05, 0) is 56.4 Å². The van der Waals surface area contributed by atoms with Crippen LogP contribution < -0.4 is 4.90 Å². The van der Waals surface area contributed by atoms with E-state index in [0.717, 1.165) is 45.1 Å². The smallest absolute Gasteiger partial charge is 0.409 e. The average Bonchev–Trinajstić information content (AvgIpc) is 3.25. The Bertz CT molecular complexity index is 964. The van der Waals surface area contributed by atoms with Crippen LogP contribution in [0.2, 0.25) is 0 Å². The number of aryl methyl sites for hydroxylation is 1. The highest BCUT2D eigenvalue weighted by molar-refractivity contribution is 5.78. The Hall–Kier alpha value is -2.60. The Kier molecular flexibility index (Phi) is 5.80. The summed E-state index contributed by atoms with van der Waals surface area (Å²) in [5, 5.41) is 0. The molecule has 3 fully saturated rings. The third-order valence-corrected chi connectivity index (χ3v) is 7.61. The zero-order valence-corrected chi connectivity index (χ0v) is 19.3. The number of aromatic nitrogens is 1. The van der Waals surface area contributed by atoms with Gasteiger partial charge in [-0.2, -0.15) is 0 Å². The Morgan fingerprint density at radius 3 is 2.59 bits per heavy atom. The lowest BCUT2D eigenvalue weighted by molar-refractivity contribution is -0.00294. The number of carbonyl (C=O) groups is 1. The number of hydrogen-bond donors (Lipinski definition) is 0. The van der Waals surface area contributed by atoms with Crippen molar-refractivity contribution >= 4 is 11.9 Å². The van der Waals surface area contributed by atoms with E-state index in [2.05, 4.69) is 47.1 Å². The molecule has 2 aliphatic heterocycles. The molecule has 2 aromatic rings. The lowest BCUT2D eigenvalue weighted by Gasteiger charge is -2.48. The van der Waals surface area contributed by atoms with Crippen LogP contribution in [0.3, 0.4) is 0 Å². The first-order chi connectivity index (χ1) is 15.6. The van der Waals surface area contributed by atoms with Gasteiger partial charge in [-0.25, -0.2) is 9.78 Å². The maximum Gasteiger partial charge on any atom is 0.409 e. The molecule has 0 radical (unpaired) electrons. The molecule has 0 bridgehead atoms. The Morgan fingerprint density at radius 2 is 1.84 bits per heavy atom. The fourth-order valence-electron chi connectivity index (χ4n) is 5.92. The predicted molar refractivity (Wildman–Crippen MR) is 127 cm³/mol. The van der Waals surface area contributed by atoms with Crippen molar-refractivity contribution in [3.63, 3.8) is 0 Å². The van der Waals surface area contributed by atoms with E-state index in [9.17, 15) is 4.79 Å². The molecule has 1 saturated carbocycles. The molecule has 1 aliphatic carbocycles. The van der Waals surface area contributed by atoms with Crippen LogP contribution in [0, 0.1) is 12.3 Å². The van der Waals surface area contributed by atoms with Crippen molar-refractivity contribution in [2.75, 3.05) is 50.8 Å². The second kappa shape index (κ2) is 8.74. The number of benzene rings is 1. The average molecular weight is 435 g/mol. The summed E-state index contributed by atoms with van der Waals surface area (Å²) in [4.78, 5) is 23.7. The molecule has 32 heavy (non-hydrogen) atoms. The predicted octanol–water partition coefficient (Wildman–Crippen LogP) is 4.19. The lowest BCUT2D eigenvalue weighted by Crippen LogP contribution is -2.58. The van der Waals surface area contributed by atoms with Gasteiger partial charge in [-0.15, -0.1) is 0 Å². The van der Waals surface area contributed by atoms with Crippen molar-refractivity contribution in [2.24, 2.45) is 5.41 Å². The molecule has 6 heteroatoms. The van der Waals surface area contributed by atoms with Crippen LogP contribution in [0.15, 0.2) is 42.6 Å². The van der Waals surface area contributed by atoms with Crippen LogP contribution in [-0.4, -0.2) is 72.8 Å². The van der Waals surface area contributed by atoms with Gasteiger partial charge >= 0.3 is 6.09 Å². The van der Waals surface area contributed by atoms with Crippen molar-refractivity contribution in [1.29, 1.82) is 0 Å². The fourth-order valence-corrected chi connectivity index (χ4v) is 5.92. The fraction of sp³-hybridized carbons (Fsp3) is 0.538. The summed E-state index contributed by atoms with van der Waals surface area (Å²) in [7, 11) is 0. The molecule has 1 spiro atoms. The summed E-state index contributed by atoms with van der Waals surface area (Å²) in [6, 6.07) is 13.4. The summed E-state index contributed by atoms with van der Waals surface area (Å²) >= 11 is 0. The van der Waals surface area contributed by atoms with Gasteiger partial charge in [0.15, 0.2) is 0 Å². The van der Waals surface area contributed by atoms with Crippen molar-refractivity contribution in [2.45, 2.75) is 39.2 Å². The molecule has 1 aromatic carbocycles. The number of pyridine rings is 1. The molecule has 6 nitrogen and oxygen atoms in total. The number of nitrogens with zero attached hydrogens (tertiary/aromatic N) is 4. The standard InChI is InChI=1S/C26H34N4O2/c1-3-32-25(31)30-18-26(19-30)11-10-21(17-26)28-13-15-29(16-14-28)24-23(9-6-12-27-24)22-8-5-4-7-20(22)2/h4-9,12,21H,3,10-11,13-19H2,1-2H3/t21-/m1/s1. The monoisotopic (exact) mass is 434 g/mol. The largest absolute Gasteiger partial charge is 0.450 e. The minimum absolute atomic E-state index is 0.144. The Labute approximate surface area is 191 Å².